The standard InChI is InChI=1S/C18H21NO4/c1-16(2,3)23-15(21)19-12-6-4-5-11-13(12)14(20)22-18(9-10-18)17(11)7-8-17/h4-6H,7-10H2,1-3H3,(H,19,21). The number of benzene rings is 1. The van der Waals surface area contributed by atoms with Gasteiger partial charge in [-0.25, -0.2) is 9.59 Å². The van der Waals surface area contributed by atoms with Crippen molar-refractivity contribution < 1.29 is 19.1 Å². The van der Waals surface area contributed by atoms with E-state index in [0.29, 0.717) is 11.3 Å². The molecule has 4 rings (SSSR count). The fraction of sp³-hybridized carbons (Fsp3) is 0.556. The summed E-state index contributed by atoms with van der Waals surface area (Å²) in [5.74, 6) is -0.332. The fourth-order valence-corrected chi connectivity index (χ4v) is 3.80. The summed E-state index contributed by atoms with van der Waals surface area (Å²) in [4.78, 5) is 24.6. The van der Waals surface area contributed by atoms with E-state index in [4.69, 9.17) is 9.47 Å². The quantitative estimate of drug-likeness (QED) is 0.801. The van der Waals surface area contributed by atoms with Gasteiger partial charge in [0.2, 0.25) is 0 Å². The lowest BCUT2D eigenvalue weighted by Crippen LogP contribution is -2.40. The molecule has 0 aromatic heterocycles. The Morgan fingerprint density at radius 3 is 2.48 bits per heavy atom. The second-order valence-electron chi connectivity index (χ2n) is 7.82. The SMILES string of the molecule is CC(C)(C)OC(=O)Nc1cccc2c1C(=O)OC1(CC1)C21CC1. The molecule has 23 heavy (non-hydrogen) atoms. The van der Waals surface area contributed by atoms with Crippen molar-refractivity contribution in [2.75, 3.05) is 5.32 Å². The molecule has 1 heterocycles. The molecule has 1 N–H and O–H groups in total. The van der Waals surface area contributed by atoms with Crippen LogP contribution in [0.4, 0.5) is 10.5 Å². The summed E-state index contributed by atoms with van der Waals surface area (Å²) in [6.45, 7) is 5.41. The van der Waals surface area contributed by atoms with E-state index in [1.165, 1.54) is 0 Å². The van der Waals surface area contributed by atoms with Gasteiger partial charge in [-0.05, 0) is 58.1 Å². The van der Waals surface area contributed by atoms with Gasteiger partial charge in [0.15, 0.2) is 0 Å². The van der Waals surface area contributed by atoms with E-state index in [1.807, 2.05) is 12.1 Å². The number of ether oxygens (including phenoxy) is 2. The molecule has 0 unspecified atom stereocenters. The van der Waals surface area contributed by atoms with Crippen LogP contribution in [0.1, 0.15) is 62.4 Å². The predicted molar refractivity (Wildman–Crippen MR) is 84.6 cm³/mol. The molecule has 2 saturated carbocycles. The topological polar surface area (TPSA) is 64.6 Å². The number of fused-ring (bicyclic) bond motifs is 3. The highest BCUT2D eigenvalue weighted by atomic mass is 16.6. The molecule has 0 bridgehead atoms. The van der Waals surface area contributed by atoms with E-state index in [1.54, 1.807) is 26.8 Å². The molecule has 1 amide bonds. The zero-order valence-electron chi connectivity index (χ0n) is 13.7. The van der Waals surface area contributed by atoms with Crippen molar-refractivity contribution in [3.8, 4) is 0 Å². The van der Waals surface area contributed by atoms with Gasteiger partial charge in [0.1, 0.15) is 11.2 Å². The Kier molecular flexibility index (Phi) is 2.70. The summed E-state index contributed by atoms with van der Waals surface area (Å²) in [6.07, 6.45) is 3.42. The van der Waals surface area contributed by atoms with E-state index in [2.05, 4.69) is 5.32 Å². The first-order chi connectivity index (χ1) is 10.8. The Hall–Kier alpha value is -2.04. The molecule has 1 aliphatic heterocycles. The lowest BCUT2D eigenvalue weighted by Gasteiger charge is -2.34. The number of esters is 1. The highest BCUT2D eigenvalue weighted by molar-refractivity contribution is 6.03. The number of carbonyl (C=O) groups is 2. The molecule has 0 radical (unpaired) electrons. The maximum atomic E-state index is 12.5. The van der Waals surface area contributed by atoms with E-state index in [-0.39, 0.29) is 17.0 Å². The summed E-state index contributed by atoms with van der Waals surface area (Å²) in [6, 6.07) is 5.62. The van der Waals surface area contributed by atoms with Crippen LogP contribution in [0.15, 0.2) is 18.2 Å². The number of carbonyl (C=O) groups excluding carboxylic acids is 2. The Bertz CT molecular complexity index is 708. The normalized spacial score (nSPS) is 22.3. The van der Waals surface area contributed by atoms with E-state index in [0.717, 1.165) is 31.2 Å². The van der Waals surface area contributed by atoms with Crippen LogP contribution in [0.3, 0.4) is 0 Å². The van der Waals surface area contributed by atoms with Gasteiger partial charge in [-0.3, -0.25) is 5.32 Å². The minimum atomic E-state index is -0.588. The number of hydrogen-bond acceptors (Lipinski definition) is 4. The zero-order chi connectivity index (χ0) is 16.5. The van der Waals surface area contributed by atoms with Gasteiger partial charge in [-0.2, -0.15) is 0 Å². The van der Waals surface area contributed by atoms with Gasteiger partial charge in [-0.1, -0.05) is 12.1 Å². The maximum absolute atomic E-state index is 12.5. The van der Waals surface area contributed by atoms with Gasteiger partial charge in [0.05, 0.1) is 11.3 Å². The van der Waals surface area contributed by atoms with Crippen molar-refractivity contribution in [2.45, 2.75) is 63.1 Å². The fourth-order valence-electron chi connectivity index (χ4n) is 3.80. The van der Waals surface area contributed by atoms with Crippen LogP contribution in [0.2, 0.25) is 0 Å². The molecular weight excluding hydrogens is 294 g/mol. The Balaban J connectivity index is 1.69. The summed E-state index contributed by atoms with van der Waals surface area (Å²) < 4.78 is 11.1. The van der Waals surface area contributed by atoms with Crippen molar-refractivity contribution in [1.29, 1.82) is 0 Å². The summed E-state index contributed by atoms with van der Waals surface area (Å²) in [5.41, 5.74) is 1.11. The monoisotopic (exact) mass is 315 g/mol. The first kappa shape index (κ1) is 14.5. The van der Waals surface area contributed by atoms with Crippen LogP contribution in [-0.4, -0.2) is 23.3 Å². The highest BCUT2D eigenvalue weighted by Gasteiger charge is 2.72. The summed E-state index contributed by atoms with van der Waals surface area (Å²) in [7, 11) is 0. The zero-order valence-corrected chi connectivity index (χ0v) is 13.7. The third-order valence-electron chi connectivity index (χ3n) is 5.03. The first-order valence-corrected chi connectivity index (χ1v) is 8.13. The van der Waals surface area contributed by atoms with Crippen LogP contribution in [0.5, 0.6) is 0 Å². The van der Waals surface area contributed by atoms with Crippen molar-refractivity contribution in [3.05, 3.63) is 29.3 Å². The molecule has 122 valence electrons. The van der Waals surface area contributed by atoms with Crippen LogP contribution in [-0.2, 0) is 14.9 Å². The van der Waals surface area contributed by atoms with Gasteiger partial charge in [0, 0.05) is 5.41 Å². The maximum Gasteiger partial charge on any atom is 0.412 e. The molecule has 1 aromatic rings. The lowest BCUT2D eigenvalue weighted by atomic mass is 9.81. The number of rotatable bonds is 1. The minimum Gasteiger partial charge on any atom is -0.454 e. The smallest absolute Gasteiger partial charge is 0.412 e. The number of amides is 1. The third-order valence-corrected chi connectivity index (χ3v) is 5.03. The molecule has 2 fully saturated rings. The molecule has 2 spiro atoms. The Morgan fingerprint density at radius 1 is 1.22 bits per heavy atom. The molecule has 5 heteroatoms. The van der Waals surface area contributed by atoms with Crippen LogP contribution < -0.4 is 5.32 Å². The number of nitrogens with one attached hydrogen (secondary N) is 1. The molecule has 0 atom stereocenters. The van der Waals surface area contributed by atoms with Gasteiger partial charge < -0.3 is 9.47 Å². The molecule has 0 saturated heterocycles. The minimum absolute atomic E-state index is 0.0259. The predicted octanol–water partition coefficient (Wildman–Crippen LogP) is 3.77. The average molecular weight is 315 g/mol. The first-order valence-electron chi connectivity index (χ1n) is 8.13. The van der Waals surface area contributed by atoms with E-state index < -0.39 is 11.7 Å². The van der Waals surface area contributed by atoms with Crippen LogP contribution in [0.25, 0.3) is 0 Å². The van der Waals surface area contributed by atoms with Crippen molar-refractivity contribution in [3.63, 3.8) is 0 Å². The number of anilines is 1. The summed E-state index contributed by atoms with van der Waals surface area (Å²) >= 11 is 0. The second-order valence-corrected chi connectivity index (χ2v) is 7.82. The highest BCUT2D eigenvalue weighted by Crippen LogP contribution is 2.69. The van der Waals surface area contributed by atoms with Crippen molar-refractivity contribution in [1.82, 2.24) is 0 Å². The van der Waals surface area contributed by atoms with Gasteiger partial charge >= 0.3 is 12.1 Å². The van der Waals surface area contributed by atoms with Crippen LogP contribution >= 0.6 is 0 Å². The largest absolute Gasteiger partial charge is 0.454 e. The molecule has 1 aromatic carbocycles. The van der Waals surface area contributed by atoms with Gasteiger partial charge in [0.25, 0.3) is 0 Å². The lowest BCUT2D eigenvalue weighted by molar-refractivity contribution is 0.00330. The molecule has 3 aliphatic rings. The van der Waals surface area contributed by atoms with Gasteiger partial charge in [-0.15, -0.1) is 0 Å². The Labute approximate surface area is 135 Å². The van der Waals surface area contributed by atoms with E-state index >= 15 is 0 Å². The summed E-state index contributed by atoms with van der Waals surface area (Å²) in [5, 5.41) is 2.71. The third kappa shape index (κ3) is 2.13. The molecule has 2 aliphatic carbocycles. The second kappa shape index (κ2) is 4.28. The van der Waals surface area contributed by atoms with Crippen LogP contribution in [0, 0.1) is 0 Å². The van der Waals surface area contributed by atoms with Crippen molar-refractivity contribution >= 4 is 17.7 Å². The average Bonchev–Trinajstić information content (AvgIpc) is 3.29. The molecular formula is C18H21NO4. The van der Waals surface area contributed by atoms with E-state index in [9.17, 15) is 9.59 Å². The van der Waals surface area contributed by atoms with Crippen molar-refractivity contribution in [2.24, 2.45) is 0 Å². The number of hydrogen-bond donors (Lipinski definition) is 1. The molecule has 5 nitrogen and oxygen atoms in total. The Morgan fingerprint density at radius 2 is 1.91 bits per heavy atom.